The van der Waals surface area contributed by atoms with E-state index in [9.17, 15) is 0 Å². The Labute approximate surface area is 268 Å². The largest absolute Gasteiger partial charge is 0.456 e. The second kappa shape index (κ2) is 9.54. The van der Waals surface area contributed by atoms with Crippen LogP contribution in [0, 0.1) is 0 Å². The molecule has 10 rings (SSSR count). The lowest BCUT2D eigenvalue weighted by Crippen LogP contribution is -2.28. The van der Waals surface area contributed by atoms with Crippen LogP contribution < -0.4 is 4.74 Å². The molecule has 0 saturated carbocycles. The van der Waals surface area contributed by atoms with Crippen LogP contribution in [0.25, 0.3) is 54.9 Å². The van der Waals surface area contributed by atoms with Gasteiger partial charge in [-0.3, -0.25) is 0 Å². The zero-order valence-corrected chi connectivity index (χ0v) is 25.1. The fourth-order valence-corrected chi connectivity index (χ4v) is 8.18. The molecule has 1 aliphatic heterocycles. The quantitative estimate of drug-likeness (QED) is 0.201. The highest BCUT2D eigenvalue weighted by Gasteiger charge is 2.46. The summed E-state index contributed by atoms with van der Waals surface area (Å²) in [5.41, 5.74) is 12.0. The van der Waals surface area contributed by atoms with E-state index in [1.54, 1.807) is 0 Å². The molecule has 1 aliphatic carbocycles. The van der Waals surface area contributed by atoms with E-state index in [-0.39, 0.29) is 0 Å². The Morgan fingerprint density at radius 3 is 1.83 bits per heavy atom. The number of hydrogen-bond donors (Lipinski definition) is 0. The minimum atomic E-state index is -0.466. The van der Waals surface area contributed by atoms with Crippen LogP contribution in [0.1, 0.15) is 22.3 Å². The number of rotatable bonds is 3. The van der Waals surface area contributed by atoms with E-state index in [1.807, 2.05) is 0 Å². The van der Waals surface area contributed by atoms with Crippen molar-refractivity contribution in [2.24, 2.45) is 0 Å². The highest BCUT2D eigenvalue weighted by molar-refractivity contribution is 6.06. The van der Waals surface area contributed by atoms with E-state index in [2.05, 4.69) is 170 Å². The summed E-state index contributed by atoms with van der Waals surface area (Å²) in [6.45, 7) is 0. The van der Waals surface area contributed by atoms with E-state index < -0.39 is 5.41 Å². The lowest BCUT2D eigenvalue weighted by atomic mass is 9.67. The fourth-order valence-electron chi connectivity index (χ4n) is 8.18. The first-order valence-electron chi connectivity index (χ1n) is 15.9. The van der Waals surface area contributed by atoms with Crippen molar-refractivity contribution < 1.29 is 4.74 Å². The second-order valence-electron chi connectivity index (χ2n) is 12.4. The summed E-state index contributed by atoms with van der Waals surface area (Å²) < 4.78 is 6.58. The molecular weight excluding hydrogens is 556 g/mol. The molecule has 214 valence electrons. The lowest BCUT2D eigenvalue weighted by molar-refractivity contribution is 0.487. The predicted molar refractivity (Wildman–Crippen MR) is 190 cm³/mol. The summed E-state index contributed by atoms with van der Waals surface area (Å²) in [6, 6.07) is 62.1. The van der Waals surface area contributed by atoms with Crippen molar-refractivity contribution in [3.8, 4) is 44.9 Å². The average Bonchev–Trinajstić information content (AvgIpc) is 3.43. The van der Waals surface area contributed by atoms with E-state index >= 15 is 0 Å². The number of ether oxygens (including phenoxy) is 1. The van der Waals surface area contributed by atoms with Crippen LogP contribution in [-0.2, 0) is 5.41 Å². The Balaban J connectivity index is 1.24. The summed E-state index contributed by atoms with van der Waals surface area (Å²) in [7, 11) is 0. The van der Waals surface area contributed by atoms with Gasteiger partial charge in [0.1, 0.15) is 11.5 Å². The van der Waals surface area contributed by atoms with Gasteiger partial charge in [0.15, 0.2) is 0 Å². The Morgan fingerprint density at radius 1 is 0.391 bits per heavy atom. The zero-order valence-electron chi connectivity index (χ0n) is 25.1. The standard InChI is InChI=1S/C45H28O/c1-3-14-33(15-4-1)45(34-16-5-2-6-17-34)39-26-23-29-11-7-8-18-35(29)44(39)38-25-22-31(27-40(38)45)32-21-24-36-37-19-9-12-30-13-10-20-41(43(30)37)46-42(36)28-32/h1-28H. The Bertz CT molecular complexity index is 2450. The molecule has 0 fully saturated rings. The topological polar surface area (TPSA) is 9.23 Å². The third-order valence-corrected chi connectivity index (χ3v) is 10.1. The summed E-state index contributed by atoms with van der Waals surface area (Å²) in [6.07, 6.45) is 0. The summed E-state index contributed by atoms with van der Waals surface area (Å²) in [5, 5.41) is 4.94. The molecule has 0 bridgehead atoms. The first-order valence-corrected chi connectivity index (χ1v) is 15.9. The maximum absolute atomic E-state index is 6.58. The molecule has 0 spiro atoms. The van der Waals surface area contributed by atoms with Gasteiger partial charge in [0.25, 0.3) is 0 Å². The van der Waals surface area contributed by atoms with E-state index in [0.29, 0.717) is 0 Å². The van der Waals surface area contributed by atoms with Crippen molar-refractivity contribution in [2.75, 3.05) is 0 Å². The van der Waals surface area contributed by atoms with Gasteiger partial charge >= 0.3 is 0 Å². The molecule has 2 aliphatic rings. The average molecular weight is 585 g/mol. The van der Waals surface area contributed by atoms with Crippen LogP contribution in [0.3, 0.4) is 0 Å². The van der Waals surface area contributed by atoms with E-state index in [1.165, 1.54) is 66.1 Å². The lowest BCUT2D eigenvalue weighted by Gasteiger charge is -2.34. The molecule has 0 N–H and O–H groups in total. The van der Waals surface area contributed by atoms with Crippen molar-refractivity contribution in [1.82, 2.24) is 0 Å². The number of fused-ring (bicyclic) bond motifs is 7. The normalized spacial score (nSPS) is 13.6. The summed E-state index contributed by atoms with van der Waals surface area (Å²) >= 11 is 0. The highest BCUT2D eigenvalue weighted by Crippen LogP contribution is 2.58. The third kappa shape index (κ3) is 3.40. The maximum Gasteiger partial charge on any atom is 0.135 e. The van der Waals surface area contributed by atoms with Crippen LogP contribution in [0.2, 0.25) is 0 Å². The van der Waals surface area contributed by atoms with Gasteiger partial charge in [-0.1, -0.05) is 146 Å². The minimum Gasteiger partial charge on any atom is -0.456 e. The number of benzene rings is 8. The fraction of sp³-hybridized carbons (Fsp3) is 0.0222. The van der Waals surface area contributed by atoms with Gasteiger partial charge in [-0.25, -0.2) is 0 Å². The summed E-state index contributed by atoms with van der Waals surface area (Å²) in [4.78, 5) is 0. The molecule has 1 heterocycles. The van der Waals surface area contributed by atoms with Gasteiger partial charge in [0.05, 0.1) is 5.41 Å². The molecule has 8 aromatic rings. The van der Waals surface area contributed by atoms with Crippen molar-refractivity contribution in [1.29, 1.82) is 0 Å². The first-order chi connectivity index (χ1) is 22.8. The molecule has 8 aromatic carbocycles. The smallest absolute Gasteiger partial charge is 0.135 e. The molecule has 0 amide bonds. The van der Waals surface area contributed by atoms with Crippen molar-refractivity contribution in [3.63, 3.8) is 0 Å². The van der Waals surface area contributed by atoms with Crippen LogP contribution in [0.15, 0.2) is 170 Å². The summed E-state index contributed by atoms with van der Waals surface area (Å²) in [5.74, 6) is 1.82. The minimum absolute atomic E-state index is 0.466. The Kier molecular flexibility index (Phi) is 5.27. The molecule has 1 nitrogen and oxygen atoms in total. The maximum atomic E-state index is 6.58. The van der Waals surface area contributed by atoms with Crippen LogP contribution >= 0.6 is 0 Å². The van der Waals surface area contributed by atoms with E-state index in [0.717, 1.165) is 22.6 Å². The first kappa shape index (κ1) is 25.4. The second-order valence-corrected chi connectivity index (χ2v) is 12.4. The number of hydrogen-bond acceptors (Lipinski definition) is 1. The predicted octanol–water partition coefficient (Wildman–Crippen LogP) is 11.8. The molecule has 0 saturated heterocycles. The molecule has 46 heavy (non-hydrogen) atoms. The molecular formula is C45H28O. The van der Waals surface area contributed by atoms with Crippen molar-refractivity contribution >= 4 is 21.5 Å². The Morgan fingerprint density at radius 2 is 1.04 bits per heavy atom. The molecule has 0 atom stereocenters. The SMILES string of the molecule is c1ccc(C2(c3ccccc3)c3cc(-c4ccc5c(c4)Oc4cccc6cccc-5c46)ccc3-c3c2ccc2ccccc32)cc1. The molecule has 1 heteroatoms. The van der Waals surface area contributed by atoms with Gasteiger partial charge in [-0.05, 0) is 90.5 Å². The van der Waals surface area contributed by atoms with Crippen LogP contribution in [-0.4, -0.2) is 0 Å². The third-order valence-electron chi connectivity index (χ3n) is 10.1. The molecule has 0 radical (unpaired) electrons. The van der Waals surface area contributed by atoms with Crippen LogP contribution in [0.5, 0.6) is 11.5 Å². The van der Waals surface area contributed by atoms with Crippen molar-refractivity contribution in [3.05, 3.63) is 192 Å². The van der Waals surface area contributed by atoms with Crippen molar-refractivity contribution in [2.45, 2.75) is 5.41 Å². The van der Waals surface area contributed by atoms with E-state index in [4.69, 9.17) is 4.74 Å². The van der Waals surface area contributed by atoms with Gasteiger partial charge in [-0.2, -0.15) is 0 Å². The van der Waals surface area contributed by atoms with Gasteiger partial charge in [0, 0.05) is 10.9 Å². The van der Waals surface area contributed by atoms with Gasteiger partial charge < -0.3 is 4.74 Å². The molecule has 0 aromatic heterocycles. The molecule has 0 unspecified atom stereocenters. The Hall–Kier alpha value is -5.92. The van der Waals surface area contributed by atoms with Gasteiger partial charge in [0.2, 0.25) is 0 Å². The zero-order chi connectivity index (χ0) is 30.2. The highest BCUT2D eigenvalue weighted by atomic mass is 16.5. The monoisotopic (exact) mass is 584 g/mol. The van der Waals surface area contributed by atoms with Crippen LogP contribution in [0.4, 0.5) is 0 Å². The van der Waals surface area contributed by atoms with Gasteiger partial charge in [-0.15, -0.1) is 0 Å².